The highest BCUT2D eigenvalue weighted by atomic mass is 16.5. The van der Waals surface area contributed by atoms with Gasteiger partial charge in [0, 0.05) is 39.4 Å². The minimum atomic E-state index is 0.488. The monoisotopic (exact) mass is 881 g/mol. The van der Waals surface area contributed by atoms with E-state index in [1.807, 2.05) is 0 Å². The molecule has 0 N–H and O–H groups in total. The van der Waals surface area contributed by atoms with Crippen LogP contribution in [0.4, 0.5) is 0 Å². The highest BCUT2D eigenvalue weighted by Gasteiger charge is 2.24. The quantitative estimate of drug-likeness (QED) is 0.0431. The molecule has 0 saturated heterocycles. The van der Waals surface area contributed by atoms with Crippen molar-refractivity contribution in [2.24, 2.45) is 23.7 Å². The van der Waals surface area contributed by atoms with Crippen LogP contribution in [0.5, 0.6) is 0 Å². The molecule has 0 aromatic heterocycles. The van der Waals surface area contributed by atoms with E-state index in [9.17, 15) is 0 Å². The molecule has 0 radical (unpaired) electrons. The van der Waals surface area contributed by atoms with Crippen LogP contribution in [0, 0.1) is 23.7 Å². The second kappa shape index (κ2) is 34.8. The fourth-order valence-corrected chi connectivity index (χ4v) is 7.96. The van der Waals surface area contributed by atoms with Crippen LogP contribution >= 0.6 is 0 Å². The van der Waals surface area contributed by atoms with Crippen LogP contribution in [0.15, 0.2) is 121 Å². The van der Waals surface area contributed by atoms with Gasteiger partial charge in [-0.25, -0.2) is 0 Å². The number of likely N-dealkylation sites (N-methyl/N-ethyl adjacent to an activating group) is 4. The van der Waals surface area contributed by atoms with Crippen LogP contribution in [-0.4, -0.2) is 155 Å². The first-order valence-electron chi connectivity index (χ1n) is 24.1. The number of ether oxygens (including phenoxy) is 4. The van der Waals surface area contributed by atoms with Gasteiger partial charge < -0.3 is 38.5 Å². The molecule has 0 amide bonds. The van der Waals surface area contributed by atoms with Crippen LogP contribution < -0.4 is 0 Å². The molecule has 64 heavy (non-hydrogen) atoms. The lowest BCUT2D eigenvalue weighted by molar-refractivity contribution is 0.0601. The second-order valence-corrected chi connectivity index (χ2v) is 18.7. The third-order valence-corrected chi connectivity index (χ3v) is 11.8. The summed E-state index contributed by atoms with van der Waals surface area (Å²) in [6.07, 6.45) is 8.79. The Labute approximate surface area is 391 Å². The third-order valence-electron chi connectivity index (χ3n) is 11.8. The minimum Gasteiger partial charge on any atom is -0.380 e. The van der Waals surface area contributed by atoms with Gasteiger partial charge in [-0.1, -0.05) is 121 Å². The lowest BCUT2D eigenvalue weighted by atomic mass is 9.80. The Bertz CT molecular complexity index is 1510. The molecule has 0 saturated carbocycles. The van der Waals surface area contributed by atoms with Crippen molar-refractivity contribution in [3.05, 3.63) is 144 Å². The molecule has 0 heterocycles. The highest BCUT2D eigenvalue weighted by molar-refractivity contribution is 5.19. The zero-order chi connectivity index (χ0) is 46.0. The standard InChI is InChI=1S/2C28H44N2O2/c2*1-29(2)17-20-31-19-11-16-27(22-25-12-7-5-8-13-25)28(24-32-21-18-30(3)4)23-26-14-9-6-10-15-26/h2*5-10,12-15,27-28H,11,16-24H2,1-4H3/t2*27-,28+/m10/s1. The summed E-state index contributed by atoms with van der Waals surface area (Å²) in [5, 5.41) is 0. The van der Waals surface area contributed by atoms with E-state index < -0.39 is 0 Å². The van der Waals surface area contributed by atoms with Gasteiger partial charge in [-0.05, 0) is 154 Å². The summed E-state index contributed by atoms with van der Waals surface area (Å²) in [6.45, 7) is 10.3. The minimum absolute atomic E-state index is 0.488. The van der Waals surface area contributed by atoms with Gasteiger partial charge in [0.25, 0.3) is 0 Å². The Morgan fingerprint density at radius 3 is 0.828 bits per heavy atom. The molecule has 0 aliphatic carbocycles. The highest BCUT2D eigenvalue weighted by Crippen LogP contribution is 2.28. The summed E-state index contributed by atoms with van der Waals surface area (Å²) >= 11 is 0. The molecular formula is C56H88N4O4. The topological polar surface area (TPSA) is 49.9 Å². The first-order chi connectivity index (χ1) is 31.1. The Morgan fingerprint density at radius 1 is 0.312 bits per heavy atom. The van der Waals surface area contributed by atoms with E-state index in [0.717, 1.165) is 130 Å². The average Bonchev–Trinajstić information content (AvgIpc) is 3.28. The molecule has 8 nitrogen and oxygen atoms in total. The van der Waals surface area contributed by atoms with Crippen molar-refractivity contribution in [3.63, 3.8) is 0 Å². The zero-order valence-electron chi connectivity index (χ0n) is 41.4. The maximum Gasteiger partial charge on any atom is 0.0593 e. The molecule has 4 aromatic carbocycles. The van der Waals surface area contributed by atoms with Crippen molar-refractivity contribution in [1.82, 2.24) is 19.6 Å². The molecular weight excluding hydrogens is 793 g/mol. The van der Waals surface area contributed by atoms with Crippen molar-refractivity contribution in [2.45, 2.75) is 51.4 Å². The van der Waals surface area contributed by atoms with Crippen LogP contribution in [0.3, 0.4) is 0 Å². The summed E-state index contributed by atoms with van der Waals surface area (Å²) in [7, 11) is 16.7. The lowest BCUT2D eigenvalue weighted by Gasteiger charge is -2.28. The predicted octanol–water partition coefficient (Wildman–Crippen LogP) is 9.28. The molecule has 0 fully saturated rings. The predicted molar refractivity (Wildman–Crippen MR) is 271 cm³/mol. The zero-order valence-corrected chi connectivity index (χ0v) is 41.4. The van der Waals surface area contributed by atoms with Gasteiger partial charge in [-0.3, -0.25) is 0 Å². The number of hydrogen-bond donors (Lipinski definition) is 0. The van der Waals surface area contributed by atoms with Gasteiger partial charge in [0.2, 0.25) is 0 Å². The van der Waals surface area contributed by atoms with Crippen molar-refractivity contribution >= 4 is 0 Å². The Kier molecular flexibility index (Phi) is 29.9. The second-order valence-electron chi connectivity index (χ2n) is 18.7. The fourth-order valence-electron chi connectivity index (χ4n) is 7.96. The van der Waals surface area contributed by atoms with E-state index in [1.54, 1.807) is 0 Å². The van der Waals surface area contributed by atoms with Crippen molar-refractivity contribution in [3.8, 4) is 0 Å². The van der Waals surface area contributed by atoms with Crippen molar-refractivity contribution in [2.75, 3.05) is 135 Å². The van der Waals surface area contributed by atoms with Crippen LogP contribution in [0.2, 0.25) is 0 Å². The molecule has 4 aromatic rings. The van der Waals surface area contributed by atoms with Gasteiger partial charge in [0.1, 0.15) is 0 Å². The molecule has 4 rings (SSSR count). The van der Waals surface area contributed by atoms with Crippen LogP contribution in [0.25, 0.3) is 0 Å². The summed E-state index contributed by atoms with van der Waals surface area (Å²) < 4.78 is 24.2. The largest absolute Gasteiger partial charge is 0.380 e. The molecule has 8 heteroatoms. The number of rotatable bonds is 34. The van der Waals surface area contributed by atoms with E-state index in [1.165, 1.54) is 22.3 Å². The van der Waals surface area contributed by atoms with Gasteiger partial charge in [-0.2, -0.15) is 0 Å². The normalized spacial score (nSPS) is 13.6. The molecule has 0 bridgehead atoms. The molecule has 4 atom stereocenters. The molecule has 356 valence electrons. The summed E-state index contributed by atoms with van der Waals surface area (Å²) in [5.74, 6) is 2.10. The lowest BCUT2D eigenvalue weighted by Crippen LogP contribution is -2.27. The average molecular weight is 881 g/mol. The summed E-state index contributed by atoms with van der Waals surface area (Å²) in [5.41, 5.74) is 5.62. The van der Waals surface area contributed by atoms with Gasteiger partial charge in [0.15, 0.2) is 0 Å². The van der Waals surface area contributed by atoms with E-state index in [0.29, 0.717) is 23.7 Å². The number of hydrogen-bond acceptors (Lipinski definition) is 8. The van der Waals surface area contributed by atoms with Crippen LogP contribution in [0.1, 0.15) is 47.9 Å². The number of benzene rings is 4. The Balaban J connectivity index is 0.000000340. The SMILES string of the molecule is CN(C)CCOCCC[C@@H](Cc1ccccc1)[C@@H](COCCN(C)C)Cc1ccccc1.CN(C)CCOCCC[C@H](Cc1ccccc1)[C@H](COCCN(C)C)Cc1ccccc1. The van der Waals surface area contributed by atoms with E-state index in [2.05, 4.69) is 197 Å². The molecule has 0 aliphatic heterocycles. The van der Waals surface area contributed by atoms with E-state index >= 15 is 0 Å². The van der Waals surface area contributed by atoms with Crippen molar-refractivity contribution < 1.29 is 18.9 Å². The molecule has 0 spiro atoms. The summed E-state index contributed by atoms with van der Waals surface area (Å²) in [6, 6.07) is 43.6. The van der Waals surface area contributed by atoms with Gasteiger partial charge in [-0.15, -0.1) is 0 Å². The number of nitrogens with zero attached hydrogens (tertiary/aromatic N) is 4. The smallest absolute Gasteiger partial charge is 0.0593 e. The summed E-state index contributed by atoms with van der Waals surface area (Å²) in [4.78, 5) is 8.69. The van der Waals surface area contributed by atoms with Crippen molar-refractivity contribution in [1.29, 1.82) is 0 Å². The molecule has 0 unspecified atom stereocenters. The Hall–Kier alpha value is -3.44. The fraction of sp³-hybridized carbons (Fsp3) is 0.571. The van der Waals surface area contributed by atoms with Crippen LogP contribution in [-0.2, 0) is 44.6 Å². The first-order valence-corrected chi connectivity index (χ1v) is 24.1. The van der Waals surface area contributed by atoms with Gasteiger partial charge >= 0.3 is 0 Å². The molecule has 0 aliphatic rings. The van der Waals surface area contributed by atoms with E-state index in [-0.39, 0.29) is 0 Å². The maximum absolute atomic E-state index is 6.19. The first kappa shape index (κ1) is 54.9. The Morgan fingerprint density at radius 2 is 0.562 bits per heavy atom. The van der Waals surface area contributed by atoms with Gasteiger partial charge in [0.05, 0.1) is 39.6 Å². The van der Waals surface area contributed by atoms with E-state index in [4.69, 9.17) is 18.9 Å². The maximum atomic E-state index is 6.19. The third kappa shape index (κ3) is 27.1.